The molecule has 1 aromatic carbocycles. The zero-order valence-electron chi connectivity index (χ0n) is 10.1. The van der Waals surface area contributed by atoms with Gasteiger partial charge in [-0.05, 0) is 23.0 Å². The van der Waals surface area contributed by atoms with Gasteiger partial charge in [0.25, 0.3) is 6.57 Å². The molecule has 0 N–H and O–H groups in total. The van der Waals surface area contributed by atoms with Gasteiger partial charge in [-0.1, -0.05) is 22.0 Å². The second-order valence-electron chi connectivity index (χ2n) is 3.69. The number of rotatable bonds is 5. The fourth-order valence-electron chi connectivity index (χ4n) is 1.28. The molecule has 0 heterocycles. The number of ether oxygens (including phenoxy) is 1. The van der Waals surface area contributed by atoms with Crippen molar-refractivity contribution < 1.29 is 4.74 Å². The lowest BCUT2D eigenvalue weighted by molar-refractivity contribution is 0.273. The third kappa shape index (κ3) is 5.41. The second kappa shape index (κ2) is 6.97. The summed E-state index contributed by atoms with van der Waals surface area (Å²) in [4.78, 5) is 5.57. The molecule has 1 aromatic rings. The van der Waals surface area contributed by atoms with Gasteiger partial charge in [-0.25, -0.2) is 0 Å². The summed E-state index contributed by atoms with van der Waals surface area (Å²) in [6.45, 7) is 8.39. The van der Waals surface area contributed by atoms with Crippen LogP contribution < -0.4 is 4.74 Å². The SMILES string of the molecule is C#[N+]/C(C)=C\N(C)CCOc1cccc(Br)c1. The van der Waals surface area contributed by atoms with Gasteiger partial charge in [0.1, 0.15) is 12.4 Å². The molecule has 0 fully saturated rings. The van der Waals surface area contributed by atoms with Gasteiger partial charge in [-0.15, -0.1) is 0 Å². The molecule has 0 aliphatic carbocycles. The topological polar surface area (TPSA) is 16.8 Å². The van der Waals surface area contributed by atoms with Crippen LogP contribution >= 0.6 is 15.9 Å². The highest BCUT2D eigenvalue weighted by Crippen LogP contribution is 2.17. The first-order valence-electron chi connectivity index (χ1n) is 5.30. The van der Waals surface area contributed by atoms with Crippen molar-refractivity contribution in [2.45, 2.75) is 6.92 Å². The fourth-order valence-corrected chi connectivity index (χ4v) is 1.66. The lowest BCUT2D eigenvalue weighted by atomic mass is 10.3. The molecule has 0 bridgehead atoms. The van der Waals surface area contributed by atoms with Crippen molar-refractivity contribution in [3.63, 3.8) is 0 Å². The maximum Gasteiger partial charge on any atom is 0.329 e. The Morgan fingerprint density at radius 2 is 2.35 bits per heavy atom. The number of halogens is 1. The van der Waals surface area contributed by atoms with Gasteiger partial charge in [-0.3, -0.25) is 0 Å². The van der Waals surface area contributed by atoms with Gasteiger partial charge in [0.2, 0.25) is 0 Å². The zero-order valence-corrected chi connectivity index (χ0v) is 11.6. The third-order valence-corrected chi connectivity index (χ3v) is 2.61. The lowest BCUT2D eigenvalue weighted by Gasteiger charge is -2.13. The Balaban J connectivity index is 2.36. The highest BCUT2D eigenvalue weighted by molar-refractivity contribution is 9.10. The molecule has 0 unspecified atom stereocenters. The normalized spacial score (nSPS) is 10.8. The van der Waals surface area contributed by atoms with Crippen molar-refractivity contribution in [1.82, 2.24) is 4.90 Å². The van der Waals surface area contributed by atoms with Crippen molar-refractivity contribution >= 4 is 15.9 Å². The fraction of sp³-hybridized carbons (Fsp3) is 0.308. The van der Waals surface area contributed by atoms with Crippen molar-refractivity contribution in [2.24, 2.45) is 0 Å². The Bertz CT molecular complexity index is 437. The first-order valence-corrected chi connectivity index (χ1v) is 6.09. The standard InChI is InChI=1S/C13H16BrN2O/c1-11(15-2)10-16(3)7-8-17-13-6-4-5-12(14)9-13/h2,4-6,9-10H,7-8H2,1,3H3/q+1/b11-10-. The summed E-state index contributed by atoms with van der Waals surface area (Å²) in [5.41, 5.74) is 0.787. The van der Waals surface area contributed by atoms with Crippen LogP contribution in [0.4, 0.5) is 0 Å². The Kier molecular flexibility index (Phi) is 5.58. The van der Waals surface area contributed by atoms with E-state index in [1.165, 1.54) is 0 Å². The Morgan fingerprint density at radius 3 is 3.00 bits per heavy atom. The van der Waals surface area contributed by atoms with Gasteiger partial charge < -0.3 is 9.64 Å². The summed E-state index contributed by atoms with van der Waals surface area (Å²) in [5, 5.41) is 0. The largest absolute Gasteiger partial charge is 0.492 e. The van der Waals surface area contributed by atoms with E-state index in [4.69, 9.17) is 11.3 Å². The minimum atomic E-state index is 0.612. The lowest BCUT2D eigenvalue weighted by Crippen LogP contribution is -2.19. The Hall–Kier alpha value is -1.47. The van der Waals surface area contributed by atoms with E-state index in [0.717, 1.165) is 22.5 Å². The highest BCUT2D eigenvalue weighted by Gasteiger charge is 2.00. The molecular weight excluding hydrogens is 280 g/mol. The van der Waals surface area contributed by atoms with Crippen LogP contribution in [0.15, 0.2) is 40.6 Å². The molecule has 0 aliphatic heterocycles. The van der Waals surface area contributed by atoms with Gasteiger partial charge in [0.15, 0.2) is 0 Å². The smallest absolute Gasteiger partial charge is 0.329 e. The third-order valence-electron chi connectivity index (χ3n) is 2.12. The summed E-state index contributed by atoms with van der Waals surface area (Å²) >= 11 is 3.40. The summed E-state index contributed by atoms with van der Waals surface area (Å²) in [6, 6.07) is 7.78. The average molecular weight is 296 g/mol. The van der Waals surface area contributed by atoms with E-state index in [0.29, 0.717) is 6.61 Å². The van der Waals surface area contributed by atoms with Gasteiger partial charge >= 0.3 is 5.70 Å². The van der Waals surface area contributed by atoms with E-state index in [1.54, 1.807) is 0 Å². The molecule has 0 saturated carbocycles. The first-order chi connectivity index (χ1) is 8.11. The quantitative estimate of drug-likeness (QED) is 0.826. The number of nitrogens with zero attached hydrogens (tertiary/aromatic N) is 2. The molecule has 0 aliphatic rings. The van der Waals surface area contributed by atoms with Crippen LogP contribution in [-0.4, -0.2) is 25.1 Å². The van der Waals surface area contributed by atoms with Crippen LogP contribution in [0.2, 0.25) is 0 Å². The van der Waals surface area contributed by atoms with Crippen LogP contribution in [0.5, 0.6) is 5.75 Å². The molecule has 1 rings (SSSR count). The minimum Gasteiger partial charge on any atom is -0.492 e. The van der Waals surface area contributed by atoms with Gasteiger partial charge in [-0.2, -0.15) is 0 Å². The molecule has 17 heavy (non-hydrogen) atoms. The first kappa shape index (κ1) is 13.6. The minimum absolute atomic E-state index is 0.612. The van der Waals surface area contributed by atoms with Crippen LogP contribution in [0, 0.1) is 6.57 Å². The van der Waals surface area contributed by atoms with Crippen molar-refractivity contribution in [2.75, 3.05) is 20.2 Å². The van der Waals surface area contributed by atoms with E-state index in [-0.39, 0.29) is 0 Å². The summed E-state index contributed by atoms with van der Waals surface area (Å²) in [7, 11) is 1.96. The van der Waals surface area contributed by atoms with Crippen molar-refractivity contribution in [3.05, 3.63) is 45.5 Å². The van der Waals surface area contributed by atoms with E-state index in [1.807, 2.05) is 49.3 Å². The molecule has 0 saturated heterocycles. The summed E-state index contributed by atoms with van der Waals surface area (Å²) in [6.07, 6.45) is 1.88. The van der Waals surface area contributed by atoms with Gasteiger partial charge in [0.05, 0.1) is 12.7 Å². The van der Waals surface area contributed by atoms with Crippen LogP contribution in [0.1, 0.15) is 6.92 Å². The predicted molar refractivity (Wildman–Crippen MR) is 74.3 cm³/mol. The number of benzene rings is 1. The highest BCUT2D eigenvalue weighted by atomic mass is 79.9. The number of hydrogen-bond acceptors (Lipinski definition) is 2. The molecule has 0 amide bonds. The van der Waals surface area contributed by atoms with Crippen LogP contribution in [-0.2, 0) is 0 Å². The Morgan fingerprint density at radius 1 is 1.59 bits per heavy atom. The summed E-state index contributed by atoms with van der Waals surface area (Å²) < 4.78 is 6.62. The molecule has 0 atom stereocenters. The maximum atomic E-state index is 5.61. The predicted octanol–water partition coefficient (Wildman–Crippen LogP) is 3.58. The molecule has 4 heteroatoms. The van der Waals surface area contributed by atoms with Crippen molar-refractivity contribution in [3.8, 4) is 12.3 Å². The zero-order chi connectivity index (χ0) is 12.7. The molecular formula is C13H16BrN2O+. The van der Waals surface area contributed by atoms with Crippen LogP contribution in [0.25, 0.3) is 4.85 Å². The van der Waals surface area contributed by atoms with E-state index in [9.17, 15) is 0 Å². The number of likely N-dealkylation sites (N-methyl/N-ethyl adjacent to an activating group) is 1. The van der Waals surface area contributed by atoms with Crippen molar-refractivity contribution in [1.29, 1.82) is 0 Å². The Labute approximate surface area is 111 Å². The number of hydrogen-bond donors (Lipinski definition) is 0. The van der Waals surface area contributed by atoms with E-state index < -0.39 is 0 Å². The monoisotopic (exact) mass is 295 g/mol. The van der Waals surface area contributed by atoms with E-state index in [2.05, 4.69) is 20.8 Å². The molecule has 0 aromatic heterocycles. The number of allylic oxidation sites excluding steroid dienone is 1. The molecule has 3 nitrogen and oxygen atoms in total. The summed E-state index contributed by atoms with van der Waals surface area (Å²) in [5.74, 6) is 0.858. The van der Waals surface area contributed by atoms with Gasteiger partial charge in [0, 0.05) is 18.4 Å². The van der Waals surface area contributed by atoms with Crippen LogP contribution in [0.3, 0.4) is 0 Å². The molecule has 0 radical (unpaired) electrons. The molecule has 0 spiro atoms. The molecule has 90 valence electrons. The van der Waals surface area contributed by atoms with E-state index >= 15 is 0 Å². The second-order valence-corrected chi connectivity index (χ2v) is 4.60. The average Bonchev–Trinajstić information content (AvgIpc) is 2.29. The maximum absolute atomic E-state index is 5.61.